The molecule has 1 heterocycles. The Morgan fingerprint density at radius 3 is 2.17 bits per heavy atom. The number of pyridine rings is 1. The van der Waals surface area contributed by atoms with Crippen molar-refractivity contribution in [3.8, 4) is 22.3 Å². The lowest BCUT2D eigenvalue weighted by atomic mass is 9.94. The van der Waals surface area contributed by atoms with Crippen molar-refractivity contribution in [1.82, 2.24) is 4.98 Å². The largest absolute Gasteiger partial charge is 0.416 e. The summed E-state index contributed by atoms with van der Waals surface area (Å²) in [5.41, 5.74) is -0.302. The van der Waals surface area contributed by atoms with Gasteiger partial charge in [-0.25, -0.2) is 17.2 Å². The molecule has 0 bridgehead atoms. The van der Waals surface area contributed by atoms with Crippen molar-refractivity contribution in [2.45, 2.75) is 18.0 Å². The molecule has 0 amide bonds. The van der Waals surface area contributed by atoms with Gasteiger partial charge in [-0.15, -0.1) is 0 Å². The second-order valence-electron chi connectivity index (χ2n) is 6.48. The molecule has 0 aliphatic heterocycles. The van der Waals surface area contributed by atoms with Crippen LogP contribution in [-0.4, -0.2) is 19.7 Å². The molecule has 0 fully saturated rings. The summed E-state index contributed by atoms with van der Waals surface area (Å²) in [5.74, 6) is -2.13. The van der Waals surface area contributed by atoms with Gasteiger partial charge < -0.3 is 0 Å². The van der Waals surface area contributed by atoms with Crippen LogP contribution in [0.25, 0.3) is 22.3 Å². The van der Waals surface area contributed by atoms with Crippen LogP contribution >= 0.6 is 0 Å². The number of sulfone groups is 1. The molecule has 0 unspecified atom stereocenters. The van der Waals surface area contributed by atoms with Crippen molar-refractivity contribution in [3.05, 3.63) is 71.6 Å². The third kappa shape index (κ3) is 4.14. The molecule has 0 aliphatic carbocycles. The monoisotopic (exact) mass is 427 g/mol. The minimum Gasteiger partial charge on any atom is -0.264 e. The molecule has 3 nitrogen and oxygen atoms in total. The topological polar surface area (TPSA) is 47.0 Å². The second kappa shape index (κ2) is 7.22. The minimum atomic E-state index is -4.51. The van der Waals surface area contributed by atoms with E-state index in [9.17, 15) is 30.4 Å². The van der Waals surface area contributed by atoms with Crippen LogP contribution in [0.2, 0.25) is 0 Å². The molecule has 29 heavy (non-hydrogen) atoms. The fourth-order valence-electron chi connectivity index (χ4n) is 3.03. The maximum absolute atomic E-state index is 14.6. The highest BCUT2D eigenvalue weighted by Gasteiger charge is 2.32. The molecular weight excluding hydrogens is 413 g/mol. The molecule has 0 radical (unpaired) electrons. The zero-order valence-electron chi connectivity index (χ0n) is 15.2. The predicted molar refractivity (Wildman–Crippen MR) is 97.9 cm³/mol. The summed E-state index contributed by atoms with van der Waals surface area (Å²) in [4.78, 5) is 3.10. The number of rotatable bonds is 3. The summed E-state index contributed by atoms with van der Waals surface area (Å²) < 4.78 is 91.1. The van der Waals surface area contributed by atoms with E-state index in [1.165, 1.54) is 37.5 Å². The number of benzene rings is 2. The van der Waals surface area contributed by atoms with E-state index in [0.717, 1.165) is 18.4 Å². The molecule has 0 atom stereocenters. The first-order valence-corrected chi connectivity index (χ1v) is 10.1. The minimum absolute atomic E-state index is 0.0307. The van der Waals surface area contributed by atoms with Crippen molar-refractivity contribution < 1.29 is 30.4 Å². The van der Waals surface area contributed by atoms with Crippen LogP contribution < -0.4 is 0 Å². The van der Waals surface area contributed by atoms with Crippen LogP contribution in [0.1, 0.15) is 11.1 Å². The Kier molecular flexibility index (Phi) is 5.20. The summed E-state index contributed by atoms with van der Waals surface area (Å²) in [6.45, 7) is 1.30. The predicted octanol–water partition coefficient (Wildman–Crippen LogP) is 5.42. The number of nitrogens with zero attached hydrogens (tertiary/aromatic N) is 1. The van der Waals surface area contributed by atoms with Gasteiger partial charge in [-0.3, -0.25) is 4.98 Å². The highest BCUT2D eigenvalue weighted by atomic mass is 32.2. The van der Waals surface area contributed by atoms with Gasteiger partial charge in [0, 0.05) is 29.8 Å². The van der Waals surface area contributed by atoms with Gasteiger partial charge >= 0.3 is 6.18 Å². The molecule has 3 aromatic rings. The molecule has 0 saturated carbocycles. The van der Waals surface area contributed by atoms with E-state index >= 15 is 0 Å². The second-order valence-corrected chi connectivity index (χ2v) is 8.47. The van der Waals surface area contributed by atoms with E-state index < -0.39 is 38.1 Å². The highest BCUT2D eigenvalue weighted by molar-refractivity contribution is 7.90. The first-order chi connectivity index (χ1) is 13.4. The van der Waals surface area contributed by atoms with Gasteiger partial charge in [-0.1, -0.05) is 12.1 Å². The van der Waals surface area contributed by atoms with Crippen molar-refractivity contribution in [2.24, 2.45) is 0 Å². The van der Waals surface area contributed by atoms with Crippen molar-refractivity contribution in [3.63, 3.8) is 0 Å². The number of alkyl halides is 3. The van der Waals surface area contributed by atoms with E-state index in [-0.39, 0.29) is 16.7 Å². The molecule has 0 spiro atoms. The summed E-state index contributed by atoms with van der Waals surface area (Å²) in [6.07, 6.45) is -1.16. The van der Waals surface area contributed by atoms with Crippen LogP contribution in [0, 0.1) is 18.6 Å². The number of aromatic nitrogens is 1. The first-order valence-electron chi connectivity index (χ1n) is 8.21. The van der Waals surface area contributed by atoms with Gasteiger partial charge in [0.05, 0.1) is 5.56 Å². The molecule has 0 aliphatic rings. The summed E-state index contributed by atoms with van der Waals surface area (Å²) in [5, 5.41) is 0. The van der Waals surface area contributed by atoms with Gasteiger partial charge in [0.1, 0.15) is 16.5 Å². The number of aryl methyl sites for hydroxylation is 1. The van der Waals surface area contributed by atoms with Gasteiger partial charge in [0.25, 0.3) is 0 Å². The van der Waals surface area contributed by atoms with Crippen molar-refractivity contribution >= 4 is 9.84 Å². The highest BCUT2D eigenvalue weighted by Crippen LogP contribution is 2.38. The number of halogens is 5. The van der Waals surface area contributed by atoms with E-state index in [2.05, 4.69) is 4.98 Å². The van der Waals surface area contributed by atoms with E-state index in [0.29, 0.717) is 17.2 Å². The zero-order valence-corrected chi connectivity index (χ0v) is 16.0. The summed E-state index contributed by atoms with van der Waals surface area (Å²) in [7, 11) is -3.98. The Morgan fingerprint density at radius 1 is 0.897 bits per heavy atom. The van der Waals surface area contributed by atoms with Crippen LogP contribution in [0.3, 0.4) is 0 Å². The van der Waals surface area contributed by atoms with Gasteiger partial charge in [-0.2, -0.15) is 13.2 Å². The standard InChI is InChI=1S/C20H14F5NO2S/c1-11-7-12(3-4-16(11)20(23,24)25)13-5-6-26-10-15(13)14-8-18(22)19(9-17(14)21)29(2,27)28/h3-10H,1-2H3. The summed E-state index contributed by atoms with van der Waals surface area (Å²) in [6, 6.07) is 6.21. The molecule has 2 aromatic carbocycles. The Morgan fingerprint density at radius 2 is 1.59 bits per heavy atom. The fraction of sp³-hybridized carbons (Fsp3) is 0.150. The first kappa shape index (κ1) is 20.9. The normalized spacial score (nSPS) is 12.2. The molecule has 0 saturated heterocycles. The third-order valence-corrected chi connectivity index (χ3v) is 5.49. The van der Waals surface area contributed by atoms with Gasteiger partial charge in [0.2, 0.25) is 0 Å². The van der Waals surface area contributed by atoms with Crippen LogP contribution in [0.5, 0.6) is 0 Å². The molecule has 9 heteroatoms. The molecule has 3 rings (SSSR count). The third-order valence-electron chi connectivity index (χ3n) is 4.38. The molecular formula is C20H14F5NO2S. The van der Waals surface area contributed by atoms with Gasteiger partial charge in [0.15, 0.2) is 9.84 Å². The van der Waals surface area contributed by atoms with Crippen LogP contribution in [0.4, 0.5) is 22.0 Å². The smallest absolute Gasteiger partial charge is 0.264 e. The Balaban J connectivity index is 2.19. The van der Waals surface area contributed by atoms with Crippen molar-refractivity contribution in [1.29, 1.82) is 0 Å². The average Bonchev–Trinajstić information content (AvgIpc) is 2.61. The molecule has 1 aromatic heterocycles. The number of hydrogen-bond acceptors (Lipinski definition) is 3. The Bertz CT molecular complexity index is 1200. The Hall–Kier alpha value is -2.81. The lowest BCUT2D eigenvalue weighted by Gasteiger charge is -2.15. The van der Waals surface area contributed by atoms with E-state index in [4.69, 9.17) is 0 Å². The molecule has 152 valence electrons. The summed E-state index contributed by atoms with van der Waals surface area (Å²) >= 11 is 0. The van der Waals surface area contributed by atoms with Gasteiger partial charge in [-0.05, 0) is 47.9 Å². The van der Waals surface area contributed by atoms with Crippen LogP contribution in [-0.2, 0) is 16.0 Å². The fourth-order valence-corrected chi connectivity index (χ4v) is 3.76. The maximum atomic E-state index is 14.6. The lowest BCUT2D eigenvalue weighted by Crippen LogP contribution is -2.07. The SMILES string of the molecule is Cc1cc(-c2ccncc2-c2cc(F)c(S(C)(=O)=O)cc2F)ccc1C(F)(F)F. The van der Waals surface area contributed by atoms with Crippen LogP contribution in [0.15, 0.2) is 53.7 Å². The van der Waals surface area contributed by atoms with E-state index in [1.807, 2.05) is 0 Å². The quantitative estimate of drug-likeness (QED) is 0.524. The van der Waals surface area contributed by atoms with Crippen molar-refractivity contribution in [2.75, 3.05) is 6.26 Å². The molecule has 0 N–H and O–H groups in total. The number of hydrogen-bond donors (Lipinski definition) is 0. The maximum Gasteiger partial charge on any atom is 0.416 e. The Labute approximate surface area is 163 Å². The zero-order chi connectivity index (χ0) is 21.6. The lowest BCUT2D eigenvalue weighted by molar-refractivity contribution is -0.138. The van der Waals surface area contributed by atoms with E-state index in [1.54, 1.807) is 0 Å². The average molecular weight is 427 g/mol.